The summed E-state index contributed by atoms with van der Waals surface area (Å²) in [6.07, 6.45) is -0.589. The second-order valence-corrected chi connectivity index (χ2v) is 6.14. The monoisotopic (exact) mass is 326 g/mol. The number of aryl methyl sites for hydroxylation is 1. The van der Waals surface area contributed by atoms with Gasteiger partial charge in [-0.25, -0.2) is 0 Å². The topological polar surface area (TPSA) is 29.5 Å². The third-order valence-corrected chi connectivity index (χ3v) is 4.35. The van der Waals surface area contributed by atoms with Gasteiger partial charge in [-0.3, -0.25) is 0 Å². The Kier molecular flexibility index (Phi) is 4.43. The van der Waals surface area contributed by atoms with E-state index < -0.39 is 6.10 Å². The Morgan fingerprint density at radius 3 is 2.67 bits per heavy atom. The van der Waals surface area contributed by atoms with Gasteiger partial charge in [-0.15, -0.1) is 11.3 Å². The second-order valence-electron chi connectivity index (χ2n) is 3.97. The summed E-state index contributed by atoms with van der Waals surface area (Å²) >= 11 is 5.10. The summed E-state index contributed by atoms with van der Waals surface area (Å²) < 4.78 is 6.29. The van der Waals surface area contributed by atoms with Gasteiger partial charge in [-0.2, -0.15) is 0 Å². The van der Waals surface area contributed by atoms with Crippen LogP contribution < -0.4 is 4.74 Å². The van der Waals surface area contributed by atoms with Crippen LogP contribution in [0.15, 0.2) is 34.8 Å². The van der Waals surface area contributed by atoms with Gasteiger partial charge in [0.2, 0.25) is 0 Å². The molecule has 2 rings (SSSR count). The summed E-state index contributed by atoms with van der Waals surface area (Å²) in [7, 11) is 0. The van der Waals surface area contributed by atoms with E-state index in [1.165, 1.54) is 4.88 Å². The number of aliphatic hydroxyl groups is 1. The molecule has 1 unspecified atom stereocenters. The van der Waals surface area contributed by atoms with Crippen LogP contribution in [0.25, 0.3) is 0 Å². The van der Waals surface area contributed by atoms with Crippen molar-refractivity contribution in [2.45, 2.75) is 20.0 Å². The number of hydrogen-bond donors (Lipinski definition) is 1. The SMILES string of the molecule is CCOc1ccc(C(O)c2ccc(C)s2)c(Br)c1. The van der Waals surface area contributed by atoms with Gasteiger partial charge < -0.3 is 9.84 Å². The van der Waals surface area contributed by atoms with Crippen LogP contribution in [0.2, 0.25) is 0 Å². The summed E-state index contributed by atoms with van der Waals surface area (Å²) in [4.78, 5) is 2.16. The lowest BCUT2D eigenvalue weighted by atomic mass is 10.1. The normalized spacial score (nSPS) is 12.4. The minimum Gasteiger partial charge on any atom is -0.494 e. The van der Waals surface area contributed by atoms with E-state index in [0.29, 0.717) is 6.61 Å². The number of benzene rings is 1. The molecular formula is C14H15BrO2S. The number of ether oxygens (including phenoxy) is 1. The number of thiophene rings is 1. The predicted octanol–water partition coefficient (Wildman–Crippen LogP) is 4.30. The molecule has 0 saturated carbocycles. The maximum atomic E-state index is 10.3. The first-order chi connectivity index (χ1) is 8.61. The number of aliphatic hydroxyl groups excluding tert-OH is 1. The van der Waals surface area contributed by atoms with Crippen molar-refractivity contribution in [2.24, 2.45) is 0 Å². The van der Waals surface area contributed by atoms with E-state index >= 15 is 0 Å². The Bertz CT molecular complexity index is 536. The fourth-order valence-corrected chi connectivity index (χ4v) is 3.20. The number of rotatable bonds is 4. The van der Waals surface area contributed by atoms with E-state index in [1.807, 2.05) is 44.2 Å². The maximum Gasteiger partial charge on any atom is 0.120 e. The van der Waals surface area contributed by atoms with Gasteiger partial charge in [0, 0.05) is 19.8 Å². The Balaban J connectivity index is 2.28. The van der Waals surface area contributed by atoms with Gasteiger partial charge in [0.05, 0.1) is 6.61 Å². The highest BCUT2D eigenvalue weighted by molar-refractivity contribution is 9.10. The van der Waals surface area contributed by atoms with Crippen molar-refractivity contribution in [3.63, 3.8) is 0 Å². The average Bonchev–Trinajstić information content (AvgIpc) is 2.76. The first-order valence-corrected chi connectivity index (χ1v) is 7.39. The molecule has 1 atom stereocenters. The molecular weight excluding hydrogens is 312 g/mol. The van der Waals surface area contributed by atoms with Gasteiger partial charge in [0.1, 0.15) is 11.9 Å². The van der Waals surface area contributed by atoms with Gasteiger partial charge in [0.15, 0.2) is 0 Å². The zero-order chi connectivity index (χ0) is 13.1. The van der Waals surface area contributed by atoms with E-state index in [0.717, 1.165) is 20.7 Å². The molecule has 4 heteroatoms. The minimum absolute atomic E-state index is 0.589. The van der Waals surface area contributed by atoms with E-state index in [4.69, 9.17) is 4.74 Å². The molecule has 0 amide bonds. The first-order valence-electron chi connectivity index (χ1n) is 5.78. The maximum absolute atomic E-state index is 10.3. The third-order valence-electron chi connectivity index (χ3n) is 2.61. The van der Waals surface area contributed by atoms with E-state index in [-0.39, 0.29) is 0 Å². The van der Waals surface area contributed by atoms with Crippen molar-refractivity contribution < 1.29 is 9.84 Å². The Labute approximate surface area is 119 Å². The van der Waals surface area contributed by atoms with Crippen molar-refractivity contribution in [2.75, 3.05) is 6.61 Å². The fourth-order valence-electron chi connectivity index (χ4n) is 1.74. The lowest BCUT2D eigenvalue weighted by Crippen LogP contribution is -1.99. The van der Waals surface area contributed by atoms with Crippen LogP contribution in [0.4, 0.5) is 0 Å². The zero-order valence-electron chi connectivity index (χ0n) is 10.3. The molecule has 0 aliphatic heterocycles. The Morgan fingerprint density at radius 1 is 1.33 bits per heavy atom. The van der Waals surface area contributed by atoms with Crippen LogP contribution in [0.5, 0.6) is 5.75 Å². The minimum atomic E-state index is -0.589. The molecule has 2 nitrogen and oxygen atoms in total. The number of halogens is 1. The van der Waals surface area contributed by atoms with E-state index in [1.54, 1.807) is 11.3 Å². The molecule has 0 aliphatic carbocycles. The van der Waals surface area contributed by atoms with Crippen LogP contribution in [0, 0.1) is 6.92 Å². The van der Waals surface area contributed by atoms with Crippen LogP contribution in [0.1, 0.15) is 28.3 Å². The predicted molar refractivity (Wildman–Crippen MR) is 78.4 cm³/mol. The van der Waals surface area contributed by atoms with Crippen LogP contribution in [0.3, 0.4) is 0 Å². The largest absolute Gasteiger partial charge is 0.494 e. The molecule has 1 N–H and O–H groups in total. The number of hydrogen-bond acceptors (Lipinski definition) is 3. The molecule has 1 aromatic carbocycles. The fraction of sp³-hybridized carbons (Fsp3) is 0.286. The molecule has 1 aromatic heterocycles. The van der Waals surface area contributed by atoms with Crippen molar-refractivity contribution in [3.8, 4) is 5.75 Å². The molecule has 18 heavy (non-hydrogen) atoms. The summed E-state index contributed by atoms with van der Waals surface area (Å²) in [6, 6.07) is 9.66. The molecule has 2 aromatic rings. The average molecular weight is 327 g/mol. The van der Waals surface area contributed by atoms with Crippen molar-refractivity contribution in [3.05, 3.63) is 50.1 Å². The lowest BCUT2D eigenvalue weighted by molar-refractivity contribution is 0.223. The summed E-state index contributed by atoms with van der Waals surface area (Å²) in [5.74, 6) is 0.808. The van der Waals surface area contributed by atoms with Crippen LogP contribution in [-0.2, 0) is 0 Å². The highest BCUT2D eigenvalue weighted by Crippen LogP contribution is 2.34. The quantitative estimate of drug-likeness (QED) is 0.907. The molecule has 0 fully saturated rings. The van der Waals surface area contributed by atoms with E-state index in [9.17, 15) is 5.11 Å². The van der Waals surface area contributed by atoms with Crippen molar-refractivity contribution in [1.82, 2.24) is 0 Å². The van der Waals surface area contributed by atoms with Gasteiger partial charge in [-0.1, -0.05) is 22.0 Å². The molecule has 0 radical (unpaired) electrons. The molecule has 0 bridgehead atoms. The zero-order valence-corrected chi connectivity index (χ0v) is 12.7. The molecule has 0 spiro atoms. The lowest BCUT2D eigenvalue weighted by Gasteiger charge is -2.12. The third kappa shape index (κ3) is 2.94. The standard InChI is InChI=1S/C14H15BrO2S/c1-3-17-10-5-6-11(12(15)8-10)14(16)13-7-4-9(2)18-13/h4-8,14,16H,3H2,1-2H3. The van der Waals surface area contributed by atoms with Gasteiger partial charge in [0.25, 0.3) is 0 Å². The highest BCUT2D eigenvalue weighted by Gasteiger charge is 2.15. The van der Waals surface area contributed by atoms with Crippen LogP contribution in [-0.4, -0.2) is 11.7 Å². The molecule has 96 valence electrons. The Hall–Kier alpha value is -0.840. The van der Waals surface area contributed by atoms with Crippen molar-refractivity contribution in [1.29, 1.82) is 0 Å². The van der Waals surface area contributed by atoms with Gasteiger partial charge in [-0.05, 0) is 38.1 Å². The van der Waals surface area contributed by atoms with Crippen molar-refractivity contribution >= 4 is 27.3 Å². The highest BCUT2D eigenvalue weighted by atomic mass is 79.9. The van der Waals surface area contributed by atoms with Gasteiger partial charge >= 0.3 is 0 Å². The smallest absolute Gasteiger partial charge is 0.120 e. The summed E-state index contributed by atoms with van der Waals surface area (Å²) in [5, 5.41) is 10.3. The molecule has 1 heterocycles. The second kappa shape index (κ2) is 5.87. The van der Waals surface area contributed by atoms with E-state index in [2.05, 4.69) is 15.9 Å². The Morgan fingerprint density at radius 2 is 2.11 bits per heavy atom. The summed E-state index contributed by atoms with van der Waals surface area (Å²) in [5.41, 5.74) is 0.861. The molecule has 0 aliphatic rings. The first kappa shape index (κ1) is 13.6. The summed E-state index contributed by atoms with van der Waals surface area (Å²) in [6.45, 7) is 4.62. The van der Waals surface area contributed by atoms with Crippen LogP contribution >= 0.6 is 27.3 Å². The molecule has 0 saturated heterocycles.